The van der Waals surface area contributed by atoms with Gasteiger partial charge in [-0.2, -0.15) is 0 Å². The molecule has 1 saturated heterocycles. The van der Waals surface area contributed by atoms with E-state index in [-0.39, 0.29) is 34.9 Å². The molecule has 0 saturated carbocycles. The van der Waals surface area contributed by atoms with E-state index in [4.69, 9.17) is 13.6 Å². The molecule has 1 aliphatic heterocycles. The van der Waals surface area contributed by atoms with E-state index in [0.29, 0.717) is 5.56 Å². The van der Waals surface area contributed by atoms with Gasteiger partial charge in [0.1, 0.15) is 12.8 Å². The van der Waals surface area contributed by atoms with Crippen LogP contribution >= 0.6 is 0 Å². The molecule has 4 atom stereocenters. The van der Waals surface area contributed by atoms with Crippen molar-refractivity contribution in [3.05, 3.63) is 32.6 Å². The first-order chi connectivity index (χ1) is 14.8. The monoisotopic (exact) mass is 498 g/mol. The number of nitrogens with zero attached hydrogens (tertiary/aromatic N) is 1. The largest absolute Gasteiger partial charge is 0.411 e. The third-order valence-electron chi connectivity index (χ3n) is 8.08. The van der Waals surface area contributed by atoms with E-state index in [0.717, 1.165) is 6.42 Å². The summed E-state index contributed by atoms with van der Waals surface area (Å²) in [5.74, 6) is 0.136. The molecule has 1 aromatic rings. The fraction of sp³-hybridized carbons (Fsp3) is 0.833. The van der Waals surface area contributed by atoms with Crippen LogP contribution in [-0.2, 0) is 20.3 Å². The van der Waals surface area contributed by atoms with Crippen LogP contribution in [0.5, 0.6) is 0 Å². The van der Waals surface area contributed by atoms with Crippen LogP contribution in [0.1, 0.15) is 73.5 Å². The van der Waals surface area contributed by atoms with Crippen molar-refractivity contribution < 1.29 is 13.6 Å². The molecule has 0 aliphatic carbocycles. The predicted molar refractivity (Wildman–Crippen MR) is 139 cm³/mol. The van der Waals surface area contributed by atoms with Crippen LogP contribution in [0.3, 0.4) is 0 Å². The Bertz CT molecular complexity index is 940. The van der Waals surface area contributed by atoms with Crippen molar-refractivity contribution in [3.8, 4) is 0 Å². The number of aromatic amines is 1. The molecule has 0 aromatic carbocycles. The summed E-state index contributed by atoms with van der Waals surface area (Å²) in [6.07, 6.45) is 1.67. The van der Waals surface area contributed by atoms with Gasteiger partial charge >= 0.3 is 5.69 Å². The molecule has 1 aliphatic rings. The van der Waals surface area contributed by atoms with Gasteiger partial charge in [-0.1, -0.05) is 55.4 Å². The zero-order valence-corrected chi connectivity index (χ0v) is 24.8. The first kappa shape index (κ1) is 28.2. The van der Waals surface area contributed by atoms with E-state index in [1.807, 2.05) is 0 Å². The highest BCUT2D eigenvalue weighted by molar-refractivity contribution is 6.74. The third-order valence-corrected chi connectivity index (χ3v) is 17.0. The first-order valence-electron chi connectivity index (χ1n) is 12.1. The molecule has 1 fully saturated rings. The summed E-state index contributed by atoms with van der Waals surface area (Å²) in [6.45, 7) is 26.1. The van der Waals surface area contributed by atoms with Crippen LogP contribution in [0.15, 0.2) is 15.8 Å². The Hall–Kier alpha value is -1.01. The molecule has 9 heteroatoms. The van der Waals surface area contributed by atoms with Crippen molar-refractivity contribution >= 4 is 16.6 Å². The van der Waals surface area contributed by atoms with Crippen LogP contribution in [0, 0.1) is 5.92 Å². The highest BCUT2D eigenvalue weighted by Crippen LogP contribution is 2.45. The zero-order chi connectivity index (χ0) is 25.6. The van der Waals surface area contributed by atoms with E-state index in [9.17, 15) is 9.59 Å². The lowest BCUT2D eigenvalue weighted by atomic mass is 9.95. The number of hydrogen-bond acceptors (Lipinski definition) is 5. The Labute approximate surface area is 201 Å². The van der Waals surface area contributed by atoms with E-state index in [1.165, 1.54) is 4.57 Å². The summed E-state index contributed by atoms with van der Waals surface area (Å²) in [4.78, 5) is 28.0. The van der Waals surface area contributed by atoms with Gasteiger partial charge in [0.25, 0.3) is 5.56 Å². The van der Waals surface area contributed by atoms with Crippen molar-refractivity contribution in [1.29, 1.82) is 0 Å². The topological polar surface area (TPSA) is 82.5 Å². The molecule has 33 heavy (non-hydrogen) atoms. The van der Waals surface area contributed by atoms with Crippen molar-refractivity contribution in [2.24, 2.45) is 5.92 Å². The molecule has 0 amide bonds. The molecule has 0 spiro atoms. The molecular formula is C24H46N2O5Si2. The summed E-state index contributed by atoms with van der Waals surface area (Å²) in [6, 6.07) is 0. The molecule has 1 aromatic heterocycles. The minimum absolute atomic E-state index is 0.00646. The Morgan fingerprint density at radius 1 is 1.03 bits per heavy atom. The van der Waals surface area contributed by atoms with Gasteiger partial charge in [-0.25, -0.2) is 4.79 Å². The van der Waals surface area contributed by atoms with Gasteiger partial charge < -0.3 is 13.6 Å². The molecule has 1 N–H and O–H groups in total. The van der Waals surface area contributed by atoms with Gasteiger partial charge in [-0.3, -0.25) is 14.3 Å². The summed E-state index contributed by atoms with van der Waals surface area (Å²) in [5.41, 5.74) is -0.455. The van der Waals surface area contributed by atoms with Crippen molar-refractivity contribution in [3.63, 3.8) is 0 Å². The maximum atomic E-state index is 12.9. The first-order valence-corrected chi connectivity index (χ1v) is 17.9. The third kappa shape index (κ3) is 5.98. The number of H-pyrrole nitrogens is 1. The Kier molecular flexibility index (Phi) is 8.18. The lowest BCUT2D eigenvalue weighted by Crippen LogP contribution is -2.47. The summed E-state index contributed by atoms with van der Waals surface area (Å²) >= 11 is 0. The van der Waals surface area contributed by atoms with Crippen LogP contribution in [0.25, 0.3) is 0 Å². The van der Waals surface area contributed by atoms with Gasteiger partial charge in [-0.15, -0.1) is 0 Å². The summed E-state index contributed by atoms with van der Waals surface area (Å²) in [5, 5.41) is 0.0475. The Balaban J connectivity index is 2.45. The maximum Gasteiger partial charge on any atom is 0.330 e. The number of ether oxygens (including phenoxy) is 1. The van der Waals surface area contributed by atoms with Crippen LogP contribution in [-0.4, -0.2) is 38.4 Å². The fourth-order valence-electron chi connectivity index (χ4n) is 3.55. The number of nitrogens with one attached hydrogen (secondary N) is 1. The second kappa shape index (κ2) is 9.56. The van der Waals surface area contributed by atoms with Gasteiger partial charge in [0.15, 0.2) is 16.6 Å². The molecule has 0 radical (unpaired) electrons. The fourth-order valence-corrected chi connectivity index (χ4v) is 5.82. The second-order valence-electron chi connectivity index (χ2n) is 12.6. The molecule has 190 valence electrons. The lowest BCUT2D eigenvalue weighted by Gasteiger charge is -2.40. The summed E-state index contributed by atoms with van der Waals surface area (Å²) in [7, 11) is -4.18. The standard InChI is InChI=1S/C24H46N2O5Si2/c1-13-18-16(2)19(31-33(11,12)24(6,7)8)20(30-18)17-14-26(22(28)25-21(17)27)15-29-32(9,10)23(3,4)5/h14,16,18-20H,13,15H2,1-12H3,(H,25,27,28)/t16-,18+,19?,20-/m0/s1. The van der Waals surface area contributed by atoms with E-state index in [1.54, 1.807) is 6.20 Å². The lowest BCUT2D eigenvalue weighted by molar-refractivity contribution is 0.00930. The smallest absolute Gasteiger partial charge is 0.330 e. The average Bonchev–Trinajstić information content (AvgIpc) is 2.94. The zero-order valence-electron chi connectivity index (χ0n) is 22.8. The normalized spacial score (nSPS) is 25.0. The van der Waals surface area contributed by atoms with Crippen molar-refractivity contribution in [2.75, 3.05) is 0 Å². The highest BCUT2D eigenvalue weighted by atomic mass is 28.4. The number of rotatable bonds is 7. The highest BCUT2D eigenvalue weighted by Gasteiger charge is 2.49. The van der Waals surface area contributed by atoms with Gasteiger partial charge in [-0.05, 0) is 42.7 Å². The molecule has 2 rings (SSSR count). The maximum absolute atomic E-state index is 12.9. The average molecular weight is 499 g/mol. The van der Waals surface area contributed by atoms with Gasteiger partial charge in [0.2, 0.25) is 0 Å². The van der Waals surface area contributed by atoms with Crippen molar-refractivity contribution in [2.45, 2.75) is 123 Å². The quantitative estimate of drug-likeness (QED) is 0.510. The SMILES string of the molecule is CC[C@H]1O[C@@H](c2cn(CO[Si](C)(C)C(C)(C)C)c(=O)[nH]c2=O)C(O[Si](C)(C)C(C)(C)C)[C@H]1C. The minimum Gasteiger partial charge on any atom is -0.411 e. The van der Waals surface area contributed by atoms with E-state index < -0.39 is 34.0 Å². The Morgan fingerprint density at radius 2 is 1.58 bits per heavy atom. The minimum atomic E-state index is -2.11. The van der Waals surface area contributed by atoms with Crippen molar-refractivity contribution in [1.82, 2.24) is 9.55 Å². The van der Waals surface area contributed by atoms with Gasteiger partial charge in [0.05, 0.1) is 17.8 Å². The molecule has 7 nitrogen and oxygen atoms in total. The van der Waals surface area contributed by atoms with Crippen LogP contribution in [0.4, 0.5) is 0 Å². The second-order valence-corrected chi connectivity index (χ2v) is 22.1. The van der Waals surface area contributed by atoms with E-state index in [2.05, 4.69) is 86.6 Å². The molecule has 2 heterocycles. The molecular weight excluding hydrogens is 452 g/mol. The molecule has 0 bridgehead atoms. The number of aromatic nitrogens is 2. The van der Waals surface area contributed by atoms with Gasteiger partial charge in [0, 0.05) is 12.1 Å². The predicted octanol–water partition coefficient (Wildman–Crippen LogP) is 5.39. The number of hydrogen-bond donors (Lipinski definition) is 1. The summed E-state index contributed by atoms with van der Waals surface area (Å²) < 4.78 is 20.9. The van der Waals surface area contributed by atoms with Crippen LogP contribution in [0.2, 0.25) is 36.3 Å². The van der Waals surface area contributed by atoms with Crippen LogP contribution < -0.4 is 11.2 Å². The Morgan fingerprint density at radius 3 is 2.06 bits per heavy atom. The van der Waals surface area contributed by atoms with E-state index >= 15 is 0 Å². The molecule has 1 unspecified atom stereocenters.